The summed E-state index contributed by atoms with van der Waals surface area (Å²) in [6, 6.07) is 4.48. The molecule has 0 aliphatic carbocycles. The lowest BCUT2D eigenvalue weighted by molar-refractivity contribution is 0.159. The molecule has 18 heavy (non-hydrogen) atoms. The van der Waals surface area contributed by atoms with Crippen molar-refractivity contribution in [3.8, 4) is 0 Å². The molecule has 1 aromatic carbocycles. The number of ether oxygens (including phenoxy) is 1. The SMILES string of the molecule is NC(=O)OCCNS(=O)(=O)c1cc(Br)ccc1N. The molecule has 0 aromatic heterocycles. The minimum Gasteiger partial charge on any atom is -0.448 e. The van der Waals surface area contributed by atoms with Crippen LogP contribution in [0.3, 0.4) is 0 Å². The molecule has 0 saturated heterocycles. The van der Waals surface area contributed by atoms with Crippen molar-refractivity contribution in [3.63, 3.8) is 0 Å². The van der Waals surface area contributed by atoms with E-state index in [2.05, 4.69) is 25.4 Å². The zero-order valence-electron chi connectivity index (χ0n) is 9.22. The van der Waals surface area contributed by atoms with Crippen LogP contribution in [-0.2, 0) is 14.8 Å². The molecule has 0 saturated carbocycles. The van der Waals surface area contributed by atoms with E-state index in [0.29, 0.717) is 4.47 Å². The molecule has 7 nitrogen and oxygen atoms in total. The van der Waals surface area contributed by atoms with Gasteiger partial charge in [0.2, 0.25) is 10.0 Å². The molecule has 1 amide bonds. The molecule has 0 heterocycles. The van der Waals surface area contributed by atoms with Crippen molar-refractivity contribution >= 4 is 37.7 Å². The van der Waals surface area contributed by atoms with Gasteiger partial charge >= 0.3 is 6.09 Å². The Bertz CT molecular complexity index is 547. The van der Waals surface area contributed by atoms with Crippen LogP contribution < -0.4 is 16.2 Å². The Morgan fingerprint density at radius 1 is 1.44 bits per heavy atom. The average molecular weight is 338 g/mol. The van der Waals surface area contributed by atoms with Gasteiger partial charge in [0, 0.05) is 11.0 Å². The zero-order valence-corrected chi connectivity index (χ0v) is 11.6. The molecular weight excluding hydrogens is 326 g/mol. The number of primary amides is 1. The number of nitrogen functional groups attached to an aromatic ring is 1. The molecule has 0 unspecified atom stereocenters. The lowest BCUT2D eigenvalue weighted by Crippen LogP contribution is -2.29. The number of halogens is 1. The highest BCUT2D eigenvalue weighted by atomic mass is 79.9. The molecule has 100 valence electrons. The highest BCUT2D eigenvalue weighted by Crippen LogP contribution is 2.22. The summed E-state index contributed by atoms with van der Waals surface area (Å²) in [5.41, 5.74) is 10.4. The van der Waals surface area contributed by atoms with E-state index in [9.17, 15) is 13.2 Å². The number of carbonyl (C=O) groups excluding carboxylic acids is 1. The van der Waals surface area contributed by atoms with Gasteiger partial charge in [0.15, 0.2) is 0 Å². The Balaban J connectivity index is 2.74. The number of nitrogens with two attached hydrogens (primary N) is 2. The van der Waals surface area contributed by atoms with Gasteiger partial charge < -0.3 is 16.2 Å². The Labute approximate surface area is 113 Å². The van der Waals surface area contributed by atoms with E-state index in [1.54, 1.807) is 6.07 Å². The Morgan fingerprint density at radius 3 is 2.72 bits per heavy atom. The van der Waals surface area contributed by atoms with Crippen LogP contribution in [0.5, 0.6) is 0 Å². The van der Waals surface area contributed by atoms with Crippen LogP contribution in [-0.4, -0.2) is 27.7 Å². The normalized spacial score (nSPS) is 11.2. The van der Waals surface area contributed by atoms with Gasteiger partial charge in [-0.1, -0.05) is 15.9 Å². The summed E-state index contributed by atoms with van der Waals surface area (Å²) in [5.74, 6) is 0. The quantitative estimate of drug-likeness (QED) is 0.530. The smallest absolute Gasteiger partial charge is 0.404 e. The lowest BCUT2D eigenvalue weighted by Gasteiger charge is -2.09. The summed E-state index contributed by atoms with van der Waals surface area (Å²) >= 11 is 3.16. The molecule has 0 spiro atoms. The van der Waals surface area contributed by atoms with Crippen LogP contribution in [0.25, 0.3) is 0 Å². The number of nitrogens with one attached hydrogen (secondary N) is 1. The summed E-state index contributed by atoms with van der Waals surface area (Å²) in [7, 11) is -3.75. The first-order chi connectivity index (χ1) is 8.33. The van der Waals surface area contributed by atoms with Crippen LogP contribution in [0.15, 0.2) is 27.6 Å². The first kappa shape index (κ1) is 14.7. The average Bonchev–Trinajstić information content (AvgIpc) is 2.27. The Hall–Kier alpha value is -1.32. The van der Waals surface area contributed by atoms with E-state index in [1.165, 1.54) is 12.1 Å². The van der Waals surface area contributed by atoms with E-state index in [-0.39, 0.29) is 23.7 Å². The van der Waals surface area contributed by atoms with E-state index in [0.717, 1.165) is 0 Å². The van der Waals surface area contributed by atoms with Crippen molar-refractivity contribution in [1.29, 1.82) is 0 Å². The second-order valence-electron chi connectivity index (χ2n) is 3.25. The lowest BCUT2D eigenvalue weighted by atomic mass is 10.3. The van der Waals surface area contributed by atoms with Crippen LogP contribution in [0.4, 0.5) is 10.5 Å². The third-order valence-electron chi connectivity index (χ3n) is 1.90. The molecule has 1 aromatic rings. The number of hydrogen-bond donors (Lipinski definition) is 3. The summed E-state index contributed by atoms with van der Waals surface area (Å²) in [6.45, 7) is -0.236. The fourth-order valence-electron chi connectivity index (χ4n) is 1.15. The minimum atomic E-state index is -3.75. The predicted molar refractivity (Wildman–Crippen MR) is 69.3 cm³/mol. The van der Waals surface area contributed by atoms with Crippen LogP contribution in [0.2, 0.25) is 0 Å². The fourth-order valence-corrected chi connectivity index (χ4v) is 2.83. The summed E-state index contributed by atoms with van der Waals surface area (Å²) in [4.78, 5) is 10.2. The molecule has 0 bridgehead atoms. The number of anilines is 1. The summed E-state index contributed by atoms with van der Waals surface area (Å²) in [5, 5.41) is 0. The molecular formula is C9H12BrN3O4S. The first-order valence-electron chi connectivity index (χ1n) is 4.80. The molecule has 1 rings (SSSR count). The third kappa shape index (κ3) is 4.17. The first-order valence-corrected chi connectivity index (χ1v) is 7.07. The van der Waals surface area contributed by atoms with Crippen molar-refractivity contribution in [2.24, 2.45) is 5.73 Å². The molecule has 9 heteroatoms. The van der Waals surface area contributed by atoms with Crippen molar-refractivity contribution < 1.29 is 17.9 Å². The predicted octanol–water partition coefficient (Wildman–Crippen LogP) is 0.405. The van der Waals surface area contributed by atoms with Gasteiger partial charge in [0.1, 0.15) is 11.5 Å². The van der Waals surface area contributed by atoms with Crippen molar-refractivity contribution in [2.45, 2.75) is 4.90 Å². The minimum absolute atomic E-state index is 0.0454. The topological polar surface area (TPSA) is 125 Å². The van der Waals surface area contributed by atoms with Gasteiger partial charge in [-0.05, 0) is 18.2 Å². The van der Waals surface area contributed by atoms with Crippen molar-refractivity contribution in [3.05, 3.63) is 22.7 Å². The number of rotatable bonds is 5. The third-order valence-corrected chi connectivity index (χ3v) is 3.91. The van der Waals surface area contributed by atoms with Gasteiger partial charge in [0.25, 0.3) is 0 Å². The Kier molecular flexibility index (Phi) is 4.93. The fraction of sp³-hybridized carbons (Fsp3) is 0.222. The van der Waals surface area contributed by atoms with Gasteiger partial charge in [-0.25, -0.2) is 17.9 Å². The summed E-state index contributed by atoms with van der Waals surface area (Å²) in [6.07, 6.45) is -0.962. The van der Waals surface area contributed by atoms with E-state index in [1.807, 2.05) is 0 Å². The standard InChI is InChI=1S/C9H12BrN3O4S/c10-6-1-2-7(11)8(5-6)18(15,16)13-3-4-17-9(12)14/h1-2,5,13H,3-4,11H2,(H2,12,14). The monoisotopic (exact) mass is 337 g/mol. The van der Waals surface area contributed by atoms with Crippen molar-refractivity contribution in [2.75, 3.05) is 18.9 Å². The van der Waals surface area contributed by atoms with E-state index in [4.69, 9.17) is 11.5 Å². The number of hydrogen-bond acceptors (Lipinski definition) is 5. The van der Waals surface area contributed by atoms with Crippen molar-refractivity contribution in [1.82, 2.24) is 4.72 Å². The maximum absolute atomic E-state index is 11.9. The van der Waals surface area contributed by atoms with Crippen LogP contribution in [0.1, 0.15) is 0 Å². The number of benzene rings is 1. The molecule has 0 aliphatic heterocycles. The maximum atomic E-state index is 11.9. The molecule has 0 radical (unpaired) electrons. The highest BCUT2D eigenvalue weighted by Gasteiger charge is 2.17. The van der Waals surface area contributed by atoms with E-state index < -0.39 is 16.1 Å². The van der Waals surface area contributed by atoms with Gasteiger partial charge in [-0.15, -0.1) is 0 Å². The molecule has 0 atom stereocenters. The second kappa shape index (κ2) is 6.03. The van der Waals surface area contributed by atoms with Gasteiger partial charge in [0.05, 0.1) is 5.69 Å². The maximum Gasteiger partial charge on any atom is 0.404 e. The summed E-state index contributed by atoms with van der Waals surface area (Å²) < 4.78 is 31.0. The number of carbonyl (C=O) groups is 1. The van der Waals surface area contributed by atoms with Gasteiger partial charge in [-0.3, -0.25) is 0 Å². The highest BCUT2D eigenvalue weighted by molar-refractivity contribution is 9.10. The molecule has 0 aliphatic rings. The van der Waals surface area contributed by atoms with Crippen LogP contribution >= 0.6 is 15.9 Å². The number of amides is 1. The Morgan fingerprint density at radius 2 is 2.11 bits per heavy atom. The number of sulfonamides is 1. The molecule has 5 N–H and O–H groups in total. The van der Waals surface area contributed by atoms with Gasteiger partial charge in [-0.2, -0.15) is 0 Å². The van der Waals surface area contributed by atoms with E-state index >= 15 is 0 Å². The van der Waals surface area contributed by atoms with Crippen LogP contribution in [0, 0.1) is 0 Å². The second-order valence-corrected chi connectivity index (χ2v) is 5.90. The molecule has 0 fully saturated rings. The zero-order chi connectivity index (χ0) is 13.8. The largest absolute Gasteiger partial charge is 0.448 e.